The van der Waals surface area contributed by atoms with Crippen molar-refractivity contribution in [1.82, 2.24) is 4.98 Å². The molecule has 0 unspecified atom stereocenters. The predicted octanol–water partition coefficient (Wildman–Crippen LogP) is 3.42. The fourth-order valence-corrected chi connectivity index (χ4v) is 3.73. The maximum Gasteiger partial charge on any atom is 0.293 e. The highest BCUT2D eigenvalue weighted by Crippen LogP contribution is 2.31. The van der Waals surface area contributed by atoms with Gasteiger partial charge in [0.15, 0.2) is 5.78 Å². The summed E-state index contributed by atoms with van der Waals surface area (Å²) in [5.41, 5.74) is 1.67. The van der Waals surface area contributed by atoms with Gasteiger partial charge in [-0.15, -0.1) is 0 Å². The first kappa shape index (κ1) is 20.0. The lowest BCUT2D eigenvalue weighted by molar-refractivity contribution is -0.384. The van der Waals surface area contributed by atoms with Crippen LogP contribution in [0.4, 0.5) is 17.2 Å². The SMILES string of the molecule is N#Cc1cccnc1N1CCN(c2ccc(C(=O)c3ccccc3)cc2[N+](=O)[O-])CC1. The first-order valence-corrected chi connectivity index (χ1v) is 9.81. The lowest BCUT2D eigenvalue weighted by Gasteiger charge is -2.36. The first-order valence-electron chi connectivity index (χ1n) is 9.81. The molecule has 8 nitrogen and oxygen atoms in total. The fourth-order valence-electron chi connectivity index (χ4n) is 3.73. The normalized spacial score (nSPS) is 13.5. The molecule has 0 N–H and O–H groups in total. The highest BCUT2D eigenvalue weighted by molar-refractivity contribution is 6.09. The van der Waals surface area contributed by atoms with Gasteiger partial charge >= 0.3 is 0 Å². The number of nitro groups is 1. The summed E-state index contributed by atoms with van der Waals surface area (Å²) in [5, 5.41) is 21.1. The zero-order chi connectivity index (χ0) is 21.8. The average Bonchev–Trinajstić information content (AvgIpc) is 2.84. The molecule has 0 bridgehead atoms. The number of ketones is 1. The lowest BCUT2D eigenvalue weighted by Crippen LogP contribution is -2.47. The lowest BCUT2D eigenvalue weighted by atomic mass is 10.0. The molecule has 0 amide bonds. The first-order chi connectivity index (χ1) is 15.1. The van der Waals surface area contributed by atoms with Crippen molar-refractivity contribution in [3.63, 3.8) is 0 Å². The zero-order valence-electron chi connectivity index (χ0n) is 16.6. The van der Waals surface area contributed by atoms with Crippen molar-refractivity contribution < 1.29 is 9.72 Å². The van der Waals surface area contributed by atoms with Crippen LogP contribution < -0.4 is 9.80 Å². The van der Waals surface area contributed by atoms with E-state index in [2.05, 4.69) is 11.1 Å². The van der Waals surface area contributed by atoms with E-state index in [9.17, 15) is 20.2 Å². The minimum atomic E-state index is -0.448. The molecule has 154 valence electrons. The number of carbonyl (C=O) groups excluding carboxylic acids is 1. The van der Waals surface area contributed by atoms with E-state index in [1.54, 1.807) is 54.7 Å². The molecule has 0 saturated carbocycles. The summed E-state index contributed by atoms with van der Waals surface area (Å²) < 4.78 is 0. The van der Waals surface area contributed by atoms with Gasteiger partial charge in [0, 0.05) is 49.6 Å². The number of nitriles is 1. The van der Waals surface area contributed by atoms with E-state index in [0.717, 1.165) is 0 Å². The molecule has 4 rings (SSSR count). The average molecular weight is 413 g/mol. The van der Waals surface area contributed by atoms with Gasteiger partial charge in [-0.1, -0.05) is 30.3 Å². The number of hydrogen-bond acceptors (Lipinski definition) is 7. The standard InChI is InChI=1S/C23H19N5O3/c24-16-19-7-4-10-25-23(19)27-13-11-26(12-14-27)20-9-8-18(15-21(20)28(30)31)22(29)17-5-2-1-3-6-17/h1-10,15H,11-14H2. The Kier molecular flexibility index (Phi) is 5.58. The molecule has 2 heterocycles. The molecule has 3 aromatic rings. The Morgan fingerprint density at radius 1 is 0.968 bits per heavy atom. The van der Waals surface area contributed by atoms with E-state index in [1.165, 1.54) is 6.07 Å². The largest absolute Gasteiger partial charge is 0.362 e. The third kappa shape index (κ3) is 4.07. The summed E-state index contributed by atoms with van der Waals surface area (Å²) in [6.45, 7) is 2.23. The monoisotopic (exact) mass is 413 g/mol. The summed E-state index contributed by atoms with van der Waals surface area (Å²) >= 11 is 0. The van der Waals surface area contributed by atoms with Crippen LogP contribution in [0.2, 0.25) is 0 Å². The molecule has 0 atom stereocenters. The molecule has 31 heavy (non-hydrogen) atoms. The van der Waals surface area contributed by atoms with Crippen LogP contribution in [0.5, 0.6) is 0 Å². The molecule has 1 saturated heterocycles. The van der Waals surface area contributed by atoms with Crippen LogP contribution >= 0.6 is 0 Å². The maximum atomic E-state index is 12.7. The van der Waals surface area contributed by atoms with E-state index in [0.29, 0.717) is 48.8 Å². The number of hydrogen-bond donors (Lipinski definition) is 0. The van der Waals surface area contributed by atoms with Crippen molar-refractivity contribution in [3.8, 4) is 6.07 Å². The van der Waals surface area contributed by atoms with Gasteiger partial charge in [-0.2, -0.15) is 5.26 Å². The Morgan fingerprint density at radius 3 is 2.35 bits per heavy atom. The number of aromatic nitrogens is 1. The van der Waals surface area contributed by atoms with Crippen LogP contribution in [-0.2, 0) is 0 Å². The number of piperazine rings is 1. The number of carbonyl (C=O) groups is 1. The fraction of sp³-hybridized carbons (Fsp3) is 0.174. The van der Waals surface area contributed by atoms with E-state index in [-0.39, 0.29) is 17.0 Å². The van der Waals surface area contributed by atoms with Gasteiger partial charge in [0.05, 0.1) is 10.5 Å². The van der Waals surface area contributed by atoms with Crippen molar-refractivity contribution in [3.05, 3.63) is 93.7 Å². The Balaban J connectivity index is 1.56. The summed E-state index contributed by atoms with van der Waals surface area (Å²) in [6, 6.07) is 18.9. The quantitative estimate of drug-likeness (QED) is 0.359. The van der Waals surface area contributed by atoms with Gasteiger partial charge in [0.2, 0.25) is 0 Å². The molecule has 1 aliphatic heterocycles. The molecule has 1 aromatic heterocycles. The second kappa shape index (κ2) is 8.63. The summed E-state index contributed by atoms with van der Waals surface area (Å²) in [7, 11) is 0. The van der Waals surface area contributed by atoms with Gasteiger partial charge < -0.3 is 9.80 Å². The summed E-state index contributed by atoms with van der Waals surface area (Å²) in [4.78, 5) is 32.3. The number of nitrogens with zero attached hydrogens (tertiary/aromatic N) is 5. The summed E-state index contributed by atoms with van der Waals surface area (Å²) in [5.74, 6) is 0.377. The van der Waals surface area contributed by atoms with Crippen molar-refractivity contribution in [1.29, 1.82) is 5.26 Å². The Labute approximate surface area is 179 Å². The Hall–Kier alpha value is -4.25. The molecule has 1 aliphatic rings. The molecule has 1 fully saturated rings. The zero-order valence-corrected chi connectivity index (χ0v) is 16.6. The van der Waals surface area contributed by atoms with E-state index in [1.807, 2.05) is 15.9 Å². The van der Waals surface area contributed by atoms with Crippen molar-refractivity contribution in [2.45, 2.75) is 0 Å². The van der Waals surface area contributed by atoms with Crippen LogP contribution in [0.3, 0.4) is 0 Å². The van der Waals surface area contributed by atoms with E-state index < -0.39 is 4.92 Å². The highest BCUT2D eigenvalue weighted by atomic mass is 16.6. The van der Waals surface area contributed by atoms with Crippen molar-refractivity contribution in [2.24, 2.45) is 0 Å². The third-order valence-electron chi connectivity index (χ3n) is 5.30. The predicted molar refractivity (Wildman–Crippen MR) is 116 cm³/mol. The molecular formula is C23H19N5O3. The van der Waals surface area contributed by atoms with Gasteiger partial charge in [-0.25, -0.2) is 4.98 Å². The topological polar surface area (TPSA) is 103 Å². The van der Waals surface area contributed by atoms with Crippen LogP contribution in [0, 0.1) is 21.4 Å². The Bertz CT molecular complexity index is 1170. The molecule has 0 spiro atoms. The summed E-state index contributed by atoms with van der Waals surface area (Å²) in [6.07, 6.45) is 1.65. The molecular weight excluding hydrogens is 394 g/mol. The van der Waals surface area contributed by atoms with Crippen molar-refractivity contribution in [2.75, 3.05) is 36.0 Å². The number of benzene rings is 2. The minimum Gasteiger partial charge on any atom is -0.362 e. The molecule has 0 radical (unpaired) electrons. The van der Waals surface area contributed by atoms with Gasteiger partial charge in [-0.05, 0) is 24.3 Å². The van der Waals surface area contributed by atoms with Gasteiger partial charge in [0.25, 0.3) is 5.69 Å². The molecule has 0 aliphatic carbocycles. The van der Waals surface area contributed by atoms with Gasteiger partial charge in [-0.3, -0.25) is 14.9 Å². The maximum absolute atomic E-state index is 12.7. The number of pyridine rings is 1. The smallest absolute Gasteiger partial charge is 0.293 e. The van der Waals surface area contributed by atoms with Crippen molar-refractivity contribution >= 4 is 23.0 Å². The van der Waals surface area contributed by atoms with Crippen LogP contribution in [0.1, 0.15) is 21.5 Å². The van der Waals surface area contributed by atoms with Crippen LogP contribution in [0.15, 0.2) is 66.9 Å². The second-order valence-electron chi connectivity index (χ2n) is 7.12. The highest BCUT2D eigenvalue weighted by Gasteiger charge is 2.26. The number of nitro benzene ring substituents is 1. The van der Waals surface area contributed by atoms with Crippen LogP contribution in [0.25, 0.3) is 0 Å². The Morgan fingerprint density at radius 2 is 1.68 bits per heavy atom. The minimum absolute atomic E-state index is 0.0919. The molecule has 2 aromatic carbocycles. The third-order valence-corrected chi connectivity index (χ3v) is 5.30. The van der Waals surface area contributed by atoms with E-state index in [4.69, 9.17) is 0 Å². The second-order valence-corrected chi connectivity index (χ2v) is 7.12. The van der Waals surface area contributed by atoms with Gasteiger partial charge in [0.1, 0.15) is 17.6 Å². The number of anilines is 2. The molecule has 8 heteroatoms. The number of rotatable bonds is 5. The van der Waals surface area contributed by atoms with Crippen LogP contribution in [-0.4, -0.2) is 41.9 Å². The van der Waals surface area contributed by atoms with E-state index >= 15 is 0 Å².